The van der Waals surface area contributed by atoms with E-state index in [-0.39, 0.29) is 17.9 Å². The van der Waals surface area contributed by atoms with Crippen molar-refractivity contribution < 1.29 is 14.4 Å². The molecule has 0 spiro atoms. The van der Waals surface area contributed by atoms with Gasteiger partial charge in [0.1, 0.15) is 0 Å². The second-order valence-electron chi connectivity index (χ2n) is 7.95. The predicted molar refractivity (Wildman–Crippen MR) is 118 cm³/mol. The van der Waals surface area contributed by atoms with E-state index in [9.17, 15) is 9.59 Å². The summed E-state index contributed by atoms with van der Waals surface area (Å²) in [6, 6.07) is 26.5. The van der Waals surface area contributed by atoms with E-state index in [1.54, 1.807) is 24.3 Å². The standard InChI is InChI=1S/C26H22N2O3/c29-25-21-13-7-8-14-22(21)26(30)28(25)23(16-19-11-5-2-6-12-19)24-17-20(27-31-24)15-18-9-3-1-4-10-18/h1-14,23-24H,15-17H2/t23-,24+/m0/s1. The maximum Gasteiger partial charge on any atom is 0.261 e. The van der Waals surface area contributed by atoms with E-state index in [1.165, 1.54) is 4.90 Å². The van der Waals surface area contributed by atoms with Crippen LogP contribution in [0.3, 0.4) is 0 Å². The minimum atomic E-state index is -0.438. The summed E-state index contributed by atoms with van der Waals surface area (Å²) in [5, 5.41) is 4.31. The number of benzene rings is 3. The molecule has 2 aliphatic rings. The molecule has 0 unspecified atom stereocenters. The summed E-state index contributed by atoms with van der Waals surface area (Å²) >= 11 is 0. The van der Waals surface area contributed by atoms with E-state index in [0.29, 0.717) is 30.4 Å². The normalized spacial score (nSPS) is 18.5. The predicted octanol–water partition coefficient (Wildman–Crippen LogP) is 4.28. The summed E-state index contributed by atoms with van der Waals surface area (Å²) < 4.78 is 0. The van der Waals surface area contributed by atoms with Crippen LogP contribution >= 0.6 is 0 Å². The summed E-state index contributed by atoms with van der Waals surface area (Å²) in [6.07, 6.45) is 1.42. The molecule has 5 nitrogen and oxygen atoms in total. The van der Waals surface area contributed by atoms with Gasteiger partial charge in [0.25, 0.3) is 11.8 Å². The summed E-state index contributed by atoms with van der Waals surface area (Å²) in [4.78, 5) is 33.6. The van der Waals surface area contributed by atoms with E-state index >= 15 is 0 Å². The Morgan fingerprint density at radius 1 is 0.806 bits per heavy atom. The van der Waals surface area contributed by atoms with Gasteiger partial charge in [-0.15, -0.1) is 0 Å². The maximum absolute atomic E-state index is 13.2. The molecule has 2 atom stereocenters. The third kappa shape index (κ3) is 3.75. The van der Waals surface area contributed by atoms with Crippen molar-refractivity contribution in [3.05, 3.63) is 107 Å². The Hall–Kier alpha value is -3.73. The van der Waals surface area contributed by atoms with E-state index in [1.807, 2.05) is 48.5 Å². The highest BCUT2D eigenvalue weighted by Gasteiger charge is 2.45. The van der Waals surface area contributed by atoms with Crippen molar-refractivity contribution in [3.8, 4) is 0 Å². The molecule has 31 heavy (non-hydrogen) atoms. The molecule has 3 aromatic carbocycles. The van der Waals surface area contributed by atoms with Crippen LogP contribution in [0.1, 0.15) is 38.3 Å². The van der Waals surface area contributed by atoms with E-state index in [4.69, 9.17) is 4.84 Å². The van der Waals surface area contributed by atoms with Gasteiger partial charge in [0.2, 0.25) is 0 Å². The lowest BCUT2D eigenvalue weighted by molar-refractivity contribution is 0.0117. The van der Waals surface area contributed by atoms with Crippen LogP contribution in [0.4, 0.5) is 0 Å². The molecule has 0 aliphatic carbocycles. The smallest absolute Gasteiger partial charge is 0.261 e. The van der Waals surface area contributed by atoms with Crippen molar-refractivity contribution in [1.82, 2.24) is 4.90 Å². The van der Waals surface area contributed by atoms with Crippen LogP contribution in [-0.4, -0.2) is 34.6 Å². The largest absolute Gasteiger partial charge is 0.390 e. The van der Waals surface area contributed by atoms with Gasteiger partial charge in [-0.25, -0.2) is 0 Å². The summed E-state index contributed by atoms with van der Waals surface area (Å²) in [7, 11) is 0. The van der Waals surface area contributed by atoms with E-state index < -0.39 is 6.04 Å². The van der Waals surface area contributed by atoms with Gasteiger partial charge in [-0.05, 0) is 29.7 Å². The average Bonchev–Trinajstić information content (AvgIpc) is 3.37. The first-order valence-corrected chi connectivity index (χ1v) is 10.5. The summed E-state index contributed by atoms with van der Waals surface area (Å²) in [5.41, 5.74) is 4.03. The number of nitrogens with zero attached hydrogens (tertiary/aromatic N) is 2. The maximum atomic E-state index is 13.2. The van der Waals surface area contributed by atoms with Gasteiger partial charge in [-0.2, -0.15) is 0 Å². The zero-order valence-electron chi connectivity index (χ0n) is 17.0. The van der Waals surface area contributed by atoms with Crippen LogP contribution in [0.2, 0.25) is 0 Å². The fourth-order valence-electron chi connectivity index (χ4n) is 4.34. The molecule has 2 amide bonds. The number of carbonyl (C=O) groups is 2. The first-order valence-electron chi connectivity index (χ1n) is 10.5. The van der Waals surface area contributed by atoms with Crippen LogP contribution in [0.5, 0.6) is 0 Å². The van der Waals surface area contributed by atoms with Crippen molar-refractivity contribution in [2.45, 2.75) is 31.4 Å². The van der Waals surface area contributed by atoms with Crippen molar-refractivity contribution in [2.24, 2.45) is 5.16 Å². The fourth-order valence-corrected chi connectivity index (χ4v) is 4.34. The highest BCUT2D eigenvalue weighted by molar-refractivity contribution is 6.21. The third-order valence-electron chi connectivity index (χ3n) is 5.88. The van der Waals surface area contributed by atoms with E-state index in [0.717, 1.165) is 16.8 Å². The van der Waals surface area contributed by atoms with Gasteiger partial charge in [0.05, 0.1) is 22.9 Å². The topological polar surface area (TPSA) is 59.0 Å². The fraction of sp³-hybridized carbons (Fsp3) is 0.192. The molecule has 3 aromatic rings. The van der Waals surface area contributed by atoms with Crippen molar-refractivity contribution in [2.75, 3.05) is 0 Å². The molecule has 0 fully saturated rings. The lowest BCUT2D eigenvalue weighted by Gasteiger charge is -2.29. The number of carbonyl (C=O) groups excluding carboxylic acids is 2. The Morgan fingerprint density at radius 3 is 1.97 bits per heavy atom. The minimum absolute atomic E-state index is 0.262. The molecular formula is C26H22N2O3. The highest BCUT2D eigenvalue weighted by atomic mass is 16.6. The molecular weight excluding hydrogens is 388 g/mol. The van der Waals surface area contributed by atoms with Gasteiger partial charge < -0.3 is 4.84 Å². The molecule has 5 rings (SSSR count). The number of hydrogen-bond donors (Lipinski definition) is 0. The molecule has 0 aromatic heterocycles. The average molecular weight is 410 g/mol. The number of imide groups is 1. The minimum Gasteiger partial charge on any atom is -0.390 e. The lowest BCUT2D eigenvalue weighted by atomic mass is 9.95. The first-order chi connectivity index (χ1) is 15.2. The zero-order valence-corrected chi connectivity index (χ0v) is 17.0. The van der Waals surface area contributed by atoms with Crippen LogP contribution in [0.15, 0.2) is 90.1 Å². The molecule has 5 heteroatoms. The van der Waals surface area contributed by atoms with Gasteiger partial charge in [0.15, 0.2) is 6.10 Å². The van der Waals surface area contributed by atoms with Gasteiger partial charge in [-0.1, -0.05) is 78.0 Å². The first kappa shape index (κ1) is 19.2. The lowest BCUT2D eigenvalue weighted by Crippen LogP contribution is -2.48. The van der Waals surface area contributed by atoms with Gasteiger partial charge in [-0.3, -0.25) is 14.5 Å². The van der Waals surface area contributed by atoms with Crippen LogP contribution in [0, 0.1) is 0 Å². The molecule has 0 saturated heterocycles. The summed E-state index contributed by atoms with van der Waals surface area (Å²) in [6.45, 7) is 0. The number of fused-ring (bicyclic) bond motifs is 1. The van der Waals surface area contributed by atoms with Crippen molar-refractivity contribution >= 4 is 17.5 Å². The molecule has 0 saturated carbocycles. The second-order valence-corrected chi connectivity index (χ2v) is 7.95. The molecule has 154 valence electrons. The molecule has 0 bridgehead atoms. The Kier molecular flexibility index (Phi) is 5.08. The number of oxime groups is 1. The Balaban J connectivity index is 1.41. The Bertz CT molecular complexity index is 1110. The Morgan fingerprint density at radius 2 is 1.35 bits per heavy atom. The monoisotopic (exact) mass is 410 g/mol. The number of hydrogen-bond acceptors (Lipinski definition) is 4. The third-order valence-corrected chi connectivity index (χ3v) is 5.88. The quantitative estimate of drug-likeness (QED) is 0.570. The SMILES string of the molecule is O=C1c2ccccc2C(=O)N1[C@@H](Cc1ccccc1)[C@H]1CC(Cc2ccccc2)=NO1. The van der Waals surface area contributed by atoms with Gasteiger partial charge in [0, 0.05) is 12.8 Å². The van der Waals surface area contributed by atoms with Crippen molar-refractivity contribution in [1.29, 1.82) is 0 Å². The van der Waals surface area contributed by atoms with Crippen LogP contribution < -0.4 is 0 Å². The highest BCUT2D eigenvalue weighted by Crippen LogP contribution is 2.30. The number of amides is 2. The Labute approximate surface area is 180 Å². The zero-order chi connectivity index (χ0) is 21.2. The summed E-state index contributed by atoms with van der Waals surface area (Å²) in [5.74, 6) is -0.525. The molecule has 0 N–H and O–H groups in total. The van der Waals surface area contributed by atoms with Crippen molar-refractivity contribution in [3.63, 3.8) is 0 Å². The van der Waals surface area contributed by atoms with Crippen LogP contribution in [-0.2, 0) is 17.7 Å². The van der Waals surface area contributed by atoms with Gasteiger partial charge >= 0.3 is 0 Å². The number of rotatable bonds is 6. The molecule has 2 heterocycles. The van der Waals surface area contributed by atoms with E-state index in [2.05, 4.69) is 17.3 Å². The molecule has 2 aliphatic heterocycles. The van der Waals surface area contributed by atoms with Crippen LogP contribution in [0.25, 0.3) is 0 Å². The molecule has 0 radical (unpaired) electrons. The second kappa shape index (κ2) is 8.19.